The van der Waals surface area contributed by atoms with Gasteiger partial charge in [0.05, 0.1) is 4.91 Å². The lowest BCUT2D eigenvalue weighted by Gasteiger charge is -2.15. The zero-order chi connectivity index (χ0) is 17.1. The van der Waals surface area contributed by atoms with Gasteiger partial charge in [0.25, 0.3) is 11.8 Å². The molecule has 0 radical (unpaired) electrons. The third-order valence-electron chi connectivity index (χ3n) is 3.12. The normalized spacial score (nSPS) is 15.9. The van der Waals surface area contributed by atoms with Crippen molar-refractivity contribution in [2.75, 3.05) is 0 Å². The molecule has 1 aromatic carbocycles. The number of carbonyl (C=O) groups is 2. The highest BCUT2D eigenvalue weighted by atomic mass is 35.5. The number of hydrazine groups is 1. The maximum atomic E-state index is 12.5. The summed E-state index contributed by atoms with van der Waals surface area (Å²) >= 11 is 12.2. The monoisotopic (exact) mass is 375 g/mol. The second-order valence-electron chi connectivity index (χ2n) is 4.75. The van der Waals surface area contributed by atoms with Crippen molar-refractivity contribution < 1.29 is 9.59 Å². The van der Waals surface area contributed by atoms with Gasteiger partial charge in [-0.15, -0.1) is 0 Å². The predicted octanol–water partition coefficient (Wildman–Crippen LogP) is 3.28. The summed E-state index contributed by atoms with van der Waals surface area (Å²) in [5.74, 6) is -0.802. The predicted molar refractivity (Wildman–Crippen MR) is 98.2 cm³/mol. The molecule has 0 saturated carbocycles. The van der Waals surface area contributed by atoms with Gasteiger partial charge in [0, 0.05) is 23.0 Å². The zero-order valence-corrected chi connectivity index (χ0v) is 14.5. The first kappa shape index (κ1) is 16.6. The van der Waals surface area contributed by atoms with Crippen molar-refractivity contribution in [2.45, 2.75) is 0 Å². The maximum Gasteiger partial charge on any atom is 0.285 e. The highest BCUT2D eigenvalue weighted by Crippen LogP contribution is 2.31. The third-order valence-corrected chi connectivity index (χ3v) is 4.67. The molecule has 1 aliphatic heterocycles. The number of halogens is 1. The number of carbonyl (C=O) groups excluding carboxylic acids is 2. The molecule has 0 spiro atoms. The molecule has 1 fully saturated rings. The molecule has 5 nitrogen and oxygen atoms in total. The summed E-state index contributed by atoms with van der Waals surface area (Å²) in [5.41, 5.74) is 3.72. The molecule has 0 bridgehead atoms. The average molecular weight is 376 g/mol. The van der Waals surface area contributed by atoms with Crippen LogP contribution < -0.4 is 5.43 Å². The Bertz CT molecular complexity index is 838. The van der Waals surface area contributed by atoms with Crippen molar-refractivity contribution in [1.82, 2.24) is 15.4 Å². The Kier molecular flexibility index (Phi) is 4.94. The van der Waals surface area contributed by atoms with Crippen molar-refractivity contribution in [2.24, 2.45) is 0 Å². The molecule has 1 saturated heterocycles. The molecule has 1 N–H and O–H groups in total. The van der Waals surface area contributed by atoms with Gasteiger partial charge >= 0.3 is 0 Å². The second-order valence-corrected chi connectivity index (χ2v) is 6.86. The van der Waals surface area contributed by atoms with Crippen molar-refractivity contribution in [3.05, 3.63) is 69.8 Å². The van der Waals surface area contributed by atoms with Gasteiger partial charge < -0.3 is 0 Å². The van der Waals surface area contributed by atoms with Crippen LogP contribution in [0.5, 0.6) is 0 Å². The second kappa shape index (κ2) is 7.12. The van der Waals surface area contributed by atoms with Crippen molar-refractivity contribution in [3.8, 4) is 0 Å². The van der Waals surface area contributed by atoms with Crippen LogP contribution in [0.25, 0.3) is 6.08 Å². The first-order valence-corrected chi connectivity index (χ1v) is 8.39. The van der Waals surface area contributed by atoms with Crippen molar-refractivity contribution >= 4 is 57.8 Å². The molecule has 3 rings (SSSR count). The zero-order valence-electron chi connectivity index (χ0n) is 12.1. The first-order valence-electron chi connectivity index (χ1n) is 6.79. The van der Waals surface area contributed by atoms with Crippen LogP contribution in [0, 0.1) is 0 Å². The molecule has 8 heteroatoms. The van der Waals surface area contributed by atoms with Crippen LogP contribution >= 0.6 is 35.6 Å². The average Bonchev–Trinajstić information content (AvgIpc) is 2.85. The fourth-order valence-corrected chi connectivity index (χ4v) is 3.25. The van der Waals surface area contributed by atoms with Gasteiger partial charge in [0.2, 0.25) is 0 Å². The van der Waals surface area contributed by atoms with Gasteiger partial charge in [0.1, 0.15) is 0 Å². The number of nitrogens with zero attached hydrogens (tertiary/aromatic N) is 2. The van der Waals surface area contributed by atoms with E-state index in [0.29, 0.717) is 15.5 Å². The van der Waals surface area contributed by atoms with Crippen LogP contribution in [0.2, 0.25) is 5.02 Å². The molecule has 24 heavy (non-hydrogen) atoms. The molecule has 0 aliphatic carbocycles. The molecular formula is C16H10ClN3O2S2. The number of hydrogen-bond acceptors (Lipinski definition) is 5. The molecule has 2 amide bonds. The van der Waals surface area contributed by atoms with Gasteiger partial charge in [-0.2, -0.15) is 5.01 Å². The molecule has 0 unspecified atom stereocenters. The summed E-state index contributed by atoms with van der Waals surface area (Å²) in [7, 11) is 0. The Morgan fingerprint density at radius 1 is 1.21 bits per heavy atom. The summed E-state index contributed by atoms with van der Waals surface area (Å²) in [4.78, 5) is 28.9. The number of benzene rings is 1. The van der Waals surface area contributed by atoms with E-state index in [9.17, 15) is 9.59 Å². The van der Waals surface area contributed by atoms with Crippen molar-refractivity contribution in [1.29, 1.82) is 0 Å². The number of nitrogens with one attached hydrogen (secondary N) is 1. The lowest BCUT2D eigenvalue weighted by molar-refractivity contribution is -0.123. The highest BCUT2D eigenvalue weighted by Gasteiger charge is 2.33. The highest BCUT2D eigenvalue weighted by molar-refractivity contribution is 8.26. The molecule has 1 aliphatic rings. The standard InChI is InChI=1S/C16H10ClN3O2S2/c17-12-3-1-10(2-4-12)9-13-15(22)20(16(23)24-13)19-14(21)11-5-7-18-8-6-11/h1-9H,(H,19,21). The summed E-state index contributed by atoms with van der Waals surface area (Å²) in [6.45, 7) is 0. The van der Waals surface area contributed by atoms with E-state index in [4.69, 9.17) is 23.8 Å². The molecule has 0 atom stereocenters. The Balaban J connectivity index is 1.77. The number of pyridine rings is 1. The van der Waals surface area contributed by atoms with E-state index < -0.39 is 5.91 Å². The number of hydrogen-bond donors (Lipinski definition) is 1. The van der Waals surface area contributed by atoms with E-state index in [1.165, 1.54) is 12.4 Å². The van der Waals surface area contributed by atoms with Crippen molar-refractivity contribution in [3.63, 3.8) is 0 Å². The van der Waals surface area contributed by atoms with Gasteiger partial charge in [-0.05, 0) is 48.1 Å². The van der Waals surface area contributed by atoms with E-state index in [1.807, 2.05) is 0 Å². The number of rotatable bonds is 3. The van der Waals surface area contributed by atoms with Gasteiger partial charge in [-0.3, -0.25) is 20.0 Å². The van der Waals surface area contributed by atoms with Gasteiger partial charge in [-0.25, -0.2) is 0 Å². The Morgan fingerprint density at radius 2 is 1.88 bits per heavy atom. The SMILES string of the molecule is O=C(NN1C(=O)C(=Cc2ccc(Cl)cc2)SC1=S)c1ccncc1. The Labute approximate surface area is 152 Å². The van der Waals surface area contributed by atoms with Crippen LogP contribution in [0.15, 0.2) is 53.7 Å². The van der Waals surface area contributed by atoms with Gasteiger partial charge in [0.15, 0.2) is 4.32 Å². The topological polar surface area (TPSA) is 62.3 Å². The summed E-state index contributed by atoms with van der Waals surface area (Å²) in [6.07, 6.45) is 4.70. The van der Waals surface area contributed by atoms with E-state index in [1.54, 1.807) is 42.5 Å². The minimum Gasteiger partial charge on any atom is -0.267 e. The third kappa shape index (κ3) is 3.64. The molecule has 2 aromatic rings. The lowest BCUT2D eigenvalue weighted by atomic mass is 10.2. The number of aromatic nitrogens is 1. The molecule has 1 aromatic heterocycles. The van der Waals surface area contributed by atoms with Crippen LogP contribution in [0.3, 0.4) is 0 Å². The first-order chi connectivity index (χ1) is 11.5. The summed E-state index contributed by atoms with van der Waals surface area (Å²) in [6, 6.07) is 10.2. The number of amides is 2. The maximum absolute atomic E-state index is 12.5. The van der Waals surface area contributed by atoms with Crippen LogP contribution in [0.1, 0.15) is 15.9 Å². The van der Waals surface area contributed by atoms with Crippen LogP contribution in [0.4, 0.5) is 0 Å². The fourth-order valence-electron chi connectivity index (χ4n) is 1.94. The number of thioether (sulfide) groups is 1. The smallest absolute Gasteiger partial charge is 0.267 e. The van der Waals surface area contributed by atoms with E-state index >= 15 is 0 Å². The quantitative estimate of drug-likeness (QED) is 0.659. The van der Waals surface area contributed by atoms with Crippen LogP contribution in [-0.4, -0.2) is 26.1 Å². The summed E-state index contributed by atoms with van der Waals surface area (Å²) < 4.78 is 0.266. The minimum atomic E-state index is -0.429. The molecular weight excluding hydrogens is 366 g/mol. The lowest BCUT2D eigenvalue weighted by Crippen LogP contribution is -2.44. The Morgan fingerprint density at radius 3 is 2.54 bits per heavy atom. The molecule has 2 heterocycles. The Hall–Kier alpha value is -2.22. The molecule has 120 valence electrons. The fraction of sp³-hybridized carbons (Fsp3) is 0. The van der Waals surface area contributed by atoms with Gasteiger partial charge in [-0.1, -0.05) is 35.5 Å². The largest absolute Gasteiger partial charge is 0.285 e. The minimum absolute atomic E-state index is 0.266. The van der Waals surface area contributed by atoms with E-state index in [-0.39, 0.29) is 10.2 Å². The number of thiocarbonyl (C=S) groups is 1. The van der Waals surface area contributed by atoms with Crippen LogP contribution in [-0.2, 0) is 4.79 Å². The van der Waals surface area contributed by atoms with E-state index in [0.717, 1.165) is 22.3 Å². The summed E-state index contributed by atoms with van der Waals surface area (Å²) in [5, 5.41) is 1.69. The van der Waals surface area contributed by atoms with E-state index in [2.05, 4.69) is 10.4 Å².